The molecule has 2 aliphatic rings. The molecule has 0 saturated carbocycles. The topological polar surface area (TPSA) is 116 Å². The lowest BCUT2D eigenvalue weighted by Crippen LogP contribution is -2.46. The van der Waals surface area contributed by atoms with Gasteiger partial charge in [-0.25, -0.2) is 32.5 Å². The average molecular weight is 701 g/mol. The smallest absolute Gasteiger partial charge is 0.350 e. The molecule has 0 bridgehead atoms. The third kappa shape index (κ3) is 7.24. The molecule has 2 saturated heterocycles. The number of hydrogen-bond acceptors (Lipinski definition) is 9. The first kappa shape index (κ1) is 34.4. The van der Waals surface area contributed by atoms with Crippen molar-refractivity contribution in [3.8, 4) is 11.4 Å². The molecule has 51 heavy (non-hydrogen) atoms. The molecule has 4 atom stereocenters. The number of benzene rings is 3. The van der Waals surface area contributed by atoms with E-state index in [1.165, 1.54) is 34.0 Å². The van der Waals surface area contributed by atoms with E-state index in [2.05, 4.69) is 37.1 Å². The number of aliphatic hydroxyl groups excluding tert-OH is 1. The van der Waals surface area contributed by atoms with Gasteiger partial charge in [-0.1, -0.05) is 13.0 Å². The summed E-state index contributed by atoms with van der Waals surface area (Å²) in [5.74, 6) is -0.563. The van der Waals surface area contributed by atoms with E-state index >= 15 is 0 Å². The van der Waals surface area contributed by atoms with Gasteiger partial charge in [0.2, 0.25) is 0 Å². The highest BCUT2D eigenvalue weighted by molar-refractivity contribution is 5.54. The predicted octanol–water partition coefficient (Wildman–Crippen LogP) is 4.57. The largest absolute Gasteiger partial charge is 0.493 e. The van der Waals surface area contributed by atoms with E-state index in [9.17, 15) is 18.7 Å². The molecule has 0 aliphatic carbocycles. The van der Waals surface area contributed by atoms with Crippen LogP contribution in [0.1, 0.15) is 38.3 Å². The Morgan fingerprint density at radius 2 is 1.61 bits per heavy atom. The van der Waals surface area contributed by atoms with Crippen LogP contribution < -0.4 is 20.2 Å². The Bertz CT molecular complexity index is 1960. The van der Waals surface area contributed by atoms with Crippen LogP contribution in [0.2, 0.25) is 0 Å². The molecular weight excluding hydrogens is 658 g/mol. The summed E-state index contributed by atoms with van der Waals surface area (Å²) in [6, 6.07) is 19.2. The number of halogens is 2. The van der Waals surface area contributed by atoms with Crippen LogP contribution in [0.5, 0.6) is 5.75 Å². The molecule has 0 spiro atoms. The Labute approximate surface area is 294 Å². The van der Waals surface area contributed by atoms with E-state index in [0.29, 0.717) is 31.6 Å². The number of piperazine rings is 1. The molecule has 268 valence electrons. The van der Waals surface area contributed by atoms with Crippen LogP contribution in [0.25, 0.3) is 5.69 Å². The molecule has 5 aromatic rings. The number of aliphatic hydroxyl groups is 1. The summed E-state index contributed by atoms with van der Waals surface area (Å²) >= 11 is 0. The molecule has 14 heteroatoms. The fourth-order valence-electron chi connectivity index (χ4n) is 7.24. The van der Waals surface area contributed by atoms with Gasteiger partial charge in [0.25, 0.3) is 0 Å². The number of anilines is 2. The van der Waals surface area contributed by atoms with Crippen molar-refractivity contribution < 1.29 is 23.4 Å². The maximum Gasteiger partial charge on any atom is 0.350 e. The molecule has 7 rings (SSSR count). The van der Waals surface area contributed by atoms with E-state index in [-0.39, 0.29) is 24.2 Å². The van der Waals surface area contributed by atoms with Crippen molar-refractivity contribution >= 4 is 11.4 Å². The molecule has 1 N–H and O–H groups in total. The molecule has 0 radical (unpaired) electrons. The van der Waals surface area contributed by atoms with Crippen molar-refractivity contribution in [3.05, 3.63) is 113 Å². The van der Waals surface area contributed by atoms with Crippen LogP contribution >= 0.6 is 0 Å². The molecule has 2 aliphatic heterocycles. The number of rotatable bonds is 12. The average Bonchev–Trinajstić information content (AvgIpc) is 3.90. The molecule has 12 nitrogen and oxygen atoms in total. The Balaban J connectivity index is 0.923. The van der Waals surface area contributed by atoms with Gasteiger partial charge in [-0.05, 0) is 74.4 Å². The fraction of sp³-hybridized carbons (Fsp3) is 0.405. The van der Waals surface area contributed by atoms with Crippen molar-refractivity contribution in [2.24, 2.45) is 5.92 Å². The number of aromatic nitrogens is 6. The van der Waals surface area contributed by atoms with Crippen LogP contribution in [0, 0.1) is 17.6 Å². The highest BCUT2D eigenvalue weighted by Crippen LogP contribution is 2.42. The molecule has 2 fully saturated rings. The lowest BCUT2D eigenvalue weighted by Gasteiger charge is -2.37. The van der Waals surface area contributed by atoms with Gasteiger partial charge in [-0.2, -0.15) is 10.2 Å². The maximum atomic E-state index is 15.0. The first-order valence-electron chi connectivity index (χ1n) is 17.3. The number of hydrogen-bond donors (Lipinski definition) is 1. The van der Waals surface area contributed by atoms with Crippen LogP contribution in [-0.2, 0) is 16.9 Å². The summed E-state index contributed by atoms with van der Waals surface area (Å²) in [5.41, 5.74) is 1.93. The monoisotopic (exact) mass is 700 g/mol. The molecule has 2 aromatic heterocycles. The van der Waals surface area contributed by atoms with Crippen LogP contribution in [0.3, 0.4) is 0 Å². The summed E-state index contributed by atoms with van der Waals surface area (Å²) in [6.45, 7) is 7.97. The highest BCUT2D eigenvalue weighted by Gasteiger charge is 2.44. The fourth-order valence-corrected chi connectivity index (χ4v) is 7.24. The van der Waals surface area contributed by atoms with Crippen LogP contribution in [0.15, 0.2) is 90.5 Å². The van der Waals surface area contributed by atoms with E-state index in [1.54, 1.807) is 17.9 Å². The van der Waals surface area contributed by atoms with Gasteiger partial charge in [0.05, 0.1) is 37.6 Å². The van der Waals surface area contributed by atoms with E-state index < -0.39 is 23.3 Å². The summed E-state index contributed by atoms with van der Waals surface area (Å²) in [4.78, 5) is 21.7. The van der Waals surface area contributed by atoms with Crippen molar-refractivity contribution in [2.75, 3.05) is 49.2 Å². The van der Waals surface area contributed by atoms with Crippen molar-refractivity contribution in [1.29, 1.82) is 0 Å². The first-order valence-corrected chi connectivity index (χ1v) is 17.3. The van der Waals surface area contributed by atoms with Gasteiger partial charge >= 0.3 is 5.69 Å². The highest BCUT2D eigenvalue weighted by atomic mass is 19.1. The minimum absolute atomic E-state index is 0.0121. The van der Waals surface area contributed by atoms with Crippen molar-refractivity contribution in [3.63, 3.8) is 0 Å². The maximum absolute atomic E-state index is 15.0. The zero-order chi connectivity index (χ0) is 35.5. The van der Waals surface area contributed by atoms with Crippen LogP contribution in [-0.4, -0.2) is 79.7 Å². The second-order valence-electron chi connectivity index (χ2n) is 13.3. The van der Waals surface area contributed by atoms with E-state index in [1.807, 2.05) is 43.3 Å². The lowest BCUT2D eigenvalue weighted by atomic mass is 9.87. The van der Waals surface area contributed by atoms with Gasteiger partial charge in [-0.15, -0.1) is 0 Å². The van der Waals surface area contributed by atoms with Gasteiger partial charge < -0.3 is 24.4 Å². The van der Waals surface area contributed by atoms with Gasteiger partial charge in [0, 0.05) is 55.1 Å². The minimum atomic E-state index is -1.02. The molecular formula is C37H42F2N8O4. The third-order valence-electron chi connectivity index (χ3n) is 9.96. The standard InChI is InChI=1S/C37H42F2N8O4/c1-3-35(26(2)48)47-36(49)46(25-42-47)31-7-5-29(6-8-31)43-14-16-44(17-15-43)30-9-11-32(12-10-30)50-20-27-19-37(51-21-27,22-45-24-40-23-41-45)33-13-4-28(38)18-34(33)39/h4-13,18,23-27,35,48H,3,14-17,19-22H2,1-2H3/t26-,27-,35+,37+/m0/s1. The van der Waals surface area contributed by atoms with Gasteiger partial charge in [0.15, 0.2) is 0 Å². The molecule has 4 heterocycles. The number of nitrogens with zero attached hydrogens (tertiary/aromatic N) is 8. The summed E-state index contributed by atoms with van der Waals surface area (Å²) in [5, 5.41) is 18.5. The molecule has 0 unspecified atom stereocenters. The zero-order valence-electron chi connectivity index (χ0n) is 28.7. The summed E-state index contributed by atoms with van der Waals surface area (Å²) in [6.07, 6.45) is 4.88. The van der Waals surface area contributed by atoms with E-state index in [4.69, 9.17) is 9.47 Å². The van der Waals surface area contributed by atoms with E-state index in [0.717, 1.165) is 55.1 Å². The zero-order valence-corrected chi connectivity index (χ0v) is 28.7. The number of ether oxygens (including phenoxy) is 2. The molecule has 3 aromatic carbocycles. The Morgan fingerprint density at radius 1 is 0.941 bits per heavy atom. The molecule has 0 amide bonds. The normalized spacial score (nSPS) is 20.5. The summed E-state index contributed by atoms with van der Waals surface area (Å²) in [7, 11) is 0. The Morgan fingerprint density at radius 3 is 2.22 bits per heavy atom. The summed E-state index contributed by atoms with van der Waals surface area (Å²) < 4.78 is 45.6. The Kier molecular flexibility index (Phi) is 9.87. The lowest BCUT2D eigenvalue weighted by molar-refractivity contribution is -0.0206. The van der Waals surface area contributed by atoms with Gasteiger partial charge in [-0.3, -0.25) is 0 Å². The Hall–Kier alpha value is -5.08. The first-order chi connectivity index (χ1) is 24.7. The quantitative estimate of drug-likeness (QED) is 0.200. The second kappa shape index (κ2) is 14.6. The second-order valence-corrected chi connectivity index (χ2v) is 13.3. The third-order valence-corrected chi connectivity index (χ3v) is 9.96. The van der Waals surface area contributed by atoms with Gasteiger partial charge in [0.1, 0.15) is 42.0 Å². The van der Waals surface area contributed by atoms with Crippen molar-refractivity contribution in [1.82, 2.24) is 29.1 Å². The van der Waals surface area contributed by atoms with Crippen molar-refractivity contribution in [2.45, 2.75) is 51.0 Å². The predicted molar refractivity (Wildman–Crippen MR) is 187 cm³/mol. The SMILES string of the molecule is CC[C@H]([C@H](C)O)n1ncn(-c2ccc(N3CCN(c4ccc(OC[C@H]5CO[C@](Cn6cncn6)(c6ccc(F)cc6F)C5)cc4)CC3)cc2)c1=O. The minimum Gasteiger partial charge on any atom is -0.493 e. The van der Waals surface area contributed by atoms with Crippen LogP contribution in [0.4, 0.5) is 20.2 Å².